The van der Waals surface area contributed by atoms with E-state index in [0.717, 1.165) is 18.2 Å². The molecule has 0 aliphatic rings. The van der Waals surface area contributed by atoms with Gasteiger partial charge in [-0.3, -0.25) is 4.79 Å². The average Bonchev–Trinajstić information content (AvgIpc) is 2.99. The van der Waals surface area contributed by atoms with E-state index in [9.17, 15) is 27.2 Å². The first-order valence-corrected chi connectivity index (χ1v) is 8.45. The third-order valence-electron chi connectivity index (χ3n) is 4.24. The third-order valence-corrected chi connectivity index (χ3v) is 4.24. The van der Waals surface area contributed by atoms with Crippen molar-refractivity contribution in [2.75, 3.05) is 5.32 Å². The van der Waals surface area contributed by atoms with Crippen molar-refractivity contribution in [1.82, 2.24) is 0 Å². The molecule has 0 saturated carbocycles. The Bertz CT molecular complexity index is 1090. The van der Waals surface area contributed by atoms with E-state index in [4.69, 9.17) is 9.15 Å². The number of fused-ring (bicyclic) bond motifs is 1. The Kier molecular flexibility index (Phi) is 5.32. The van der Waals surface area contributed by atoms with Gasteiger partial charge >= 0.3 is 12.1 Å². The van der Waals surface area contributed by atoms with Crippen molar-refractivity contribution < 1.29 is 36.3 Å². The van der Waals surface area contributed by atoms with Gasteiger partial charge in [-0.25, -0.2) is 9.18 Å². The molecule has 0 bridgehead atoms. The first-order valence-electron chi connectivity index (χ1n) is 8.45. The lowest BCUT2D eigenvalue weighted by atomic mass is 10.1. The largest absolute Gasteiger partial charge is 0.447 e. The van der Waals surface area contributed by atoms with Crippen molar-refractivity contribution in [3.05, 3.63) is 65.2 Å². The average molecular weight is 409 g/mol. The van der Waals surface area contributed by atoms with Crippen LogP contribution in [-0.2, 0) is 15.7 Å². The Labute approximate surface area is 162 Å². The van der Waals surface area contributed by atoms with Crippen LogP contribution in [0.15, 0.2) is 46.9 Å². The predicted octanol–water partition coefficient (Wildman–Crippen LogP) is 5.08. The number of furan rings is 1. The number of hydrogen-bond donors (Lipinski definition) is 1. The highest BCUT2D eigenvalue weighted by molar-refractivity contribution is 5.99. The van der Waals surface area contributed by atoms with Crippen molar-refractivity contribution in [3.8, 4) is 0 Å². The molecule has 0 fully saturated rings. The number of amides is 1. The zero-order valence-electron chi connectivity index (χ0n) is 15.3. The molecule has 0 radical (unpaired) electrons. The summed E-state index contributed by atoms with van der Waals surface area (Å²) in [7, 11) is 0. The monoisotopic (exact) mass is 409 g/mol. The molecular formula is C20H15F4NO4. The molecule has 1 heterocycles. The van der Waals surface area contributed by atoms with E-state index < -0.39 is 41.2 Å². The van der Waals surface area contributed by atoms with Gasteiger partial charge in [-0.1, -0.05) is 24.3 Å². The van der Waals surface area contributed by atoms with Crippen LogP contribution in [0.25, 0.3) is 11.0 Å². The molecule has 2 aromatic carbocycles. The summed E-state index contributed by atoms with van der Waals surface area (Å²) in [4.78, 5) is 24.6. The maximum absolute atomic E-state index is 13.8. The fourth-order valence-corrected chi connectivity index (χ4v) is 2.74. The molecule has 3 rings (SSSR count). The van der Waals surface area contributed by atoms with Crippen LogP contribution in [0.3, 0.4) is 0 Å². The first kappa shape index (κ1) is 20.4. The number of hydrogen-bond acceptors (Lipinski definition) is 4. The van der Waals surface area contributed by atoms with Crippen molar-refractivity contribution >= 4 is 28.5 Å². The fourth-order valence-electron chi connectivity index (χ4n) is 2.74. The summed E-state index contributed by atoms with van der Waals surface area (Å²) in [5.74, 6) is -2.96. The topological polar surface area (TPSA) is 68.5 Å². The summed E-state index contributed by atoms with van der Waals surface area (Å²) in [6, 6.07) is 8.58. The van der Waals surface area contributed by atoms with Gasteiger partial charge < -0.3 is 14.5 Å². The van der Waals surface area contributed by atoms with Gasteiger partial charge in [-0.2, -0.15) is 13.2 Å². The van der Waals surface area contributed by atoms with E-state index in [2.05, 4.69) is 5.32 Å². The highest BCUT2D eigenvalue weighted by Crippen LogP contribution is 2.34. The standard InChI is InChI=1S/C20H15F4NO4/c1-10-12-6-5-8-14(21)17(12)29-16(10)19(27)28-11(2)18(26)25-15-9-4-3-7-13(15)20(22,23)24/h3-9,11H,1-2H3,(H,25,26)/t11-/m1/s1. The number of halogens is 4. The lowest BCUT2D eigenvalue weighted by Gasteiger charge is -2.16. The summed E-state index contributed by atoms with van der Waals surface area (Å²) in [5.41, 5.74) is -1.31. The molecule has 0 unspecified atom stereocenters. The summed E-state index contributed by atoms with van der Waals surface area (Å²) >= 11 is 0. The molecule has 9 heteroatoms. The van der Waals surface area contributed by atoms with Gasteiger partial charge in [0.1, 0.15) is 0 Å². The van der Waals surface area contributed by atoms with Crippen LogP contribution in [0, 0.1) is 12.7 Å². The summed E-state index contributed by atoms with van der Waals surface area (Å²) in [5, 5.41) is 2.47. The second-order valence-corrected chi connectivity index (χ2v) is 6.25. The highest BCUT2D eigenvalue weighted by atomic mass is 19.4. The van der Waals surface area contributed by atoms with E-state index in [0.29, 0.717) is 10.9 Å². The van der Waals surface area contributed by atoms with Gasteiger partial charge in [0.25, 0.3) is 5.91 Å². The molecule has 1 N–H and O–H groups in total. The second-order valence-electron chi connectivity index (χ2n) is 6.25. The van der Waals surface area contributed by atoms with Crippen LogP contribution < -0.4 is 5.32 Å². The van der Waals surface area contributed by atoms with Gasteiger partial charge in [0.15, 0.2) is 17.5 Å². The van der Waals surface area contributed by atoms with Crippen molar-refractivity contribution in [3.63, 3.8) is 0 Å². The maximum atomic E-state index is 13.8. The van der Waals surface area contributed by atoms with Crippen LogP contribution in [-0.4, -0.2) is 18.0 Å². The molecule has 0 saturated heterocycles. The van der Waals surface area contributed by atoms with Gasteiger partial charge in [0.2, 0.25) is 5.76 Å². The minimum absolute atomic E-state index is 0.131. The Balaban J connectivity index is 1.76. The molecule has 1 amide bonds. The zero-order valence-corrected chi connectivity index (χ0v) is 15.3. The van der Waals surface area contributed by atoms with Gasteiger partial charge in [-0.05, 0) is 32.0 Å². The van der Waals surface area contributed by atoms with Gasteiger partial charge in [0, 0.05) is 10.9 Å². The molecule has 3 aromatic rings. The number of benzene rings is 2. The quantitative estimate of drug-likeness (QED) is 0.482. The summed E-state index contributed by atoms with van der Waals surface area (Å²) in [6.45, 7) is 2.72. The fraction of sp³-hybridized carbons (Fsp3) is 0.200. The number of para-hydroxylation sites is 2. The number of aryl methyl sites for hydroxylation is 1. The van der Waals surface area contributed by atoms with Crippen LogP contribution in [0.1, 0.15) is 28.6 Å². The Morgan fingerprint density at radius 2 is 1.79 bits per heavy atom. The molecule has 152 valence electrons. The first-order chi connectivity index (χ1) is 13.6. The number of carbonyl (C=O) groups is 2. The number of esters is 1. The van der Waals surface area contributed by atoms with E-state index >= 15 is 0 Å². The lowest BCUT2D eigenvalue weighted by molar-refractivity contribution is -0.137. The summed E-state index contributed by atoms with van der Waals surface area (Å²) < 4.78 is 63.1. The maximum Gasteiger partial charge on any atom is 0.418 e. The molecule has 0 spiro atoms. The van der Waals surface area contributed by atoms with E-state index in [1.165, 1.54) is 32.0 Å². The van der Waals surface area contributed by atoms with Crippen molar-refractivity contribution in [1.29, 1.82) is 0 Å². The van der Waals surface area contributed by atoms with Gasteiger partial charge in [-0.15, -0.1) is 0 Å². The van der Waals surface area contributed by atoms with Gasteiger partial charge in [0.05, 0.1) is 11.3 Å². The normalized spacial score (nSPS) is 12.6. The molecule has 0 aliphatic carbocycles. The molecular weight excluding hydrogens is 394 g/mol. The Morgan fingerprint density at radius 1 is 1.10 bits per heavy atom. The van der Waals surface area contributed by atoms with E-state index in [1.807, 2.05) is 0 Å². The minimum atomic E-state index is -4.67. The van der Waals surface area contributed by atoms with Crippen LogP contribution >= 0.6 is 0 Å². The minimum Gasteiger partial charge on any atom is -0.447 e. The molecule has 0 aliphatic heterocycles. The Morgan fingerprint density at radius 3 is 2.45 bits per heavy atom. The van der Waals surface area contributed by atoms with Crippen LogP contribution in [0.2, 0.25) is 0 Å². The number of nitrogens with one attached hydrogen (secondary N) is 1. The van der Waals surface area contributed by atoms with Crippen LogP contribution in [0.4, 0.5) is 23.2 Å². The number of ether oxygens (including phenoxy) is 1. The molecule has 1 atom stereocenters. The third kappa shape index (κ3) is 4.08. The molecule has 29 heavy (non-hydrogen) atoms. The SMILES string of the molecule is Cc1c(C(=O)O[C@H](C)C(=O)Nc2ccccc2C(F)(F)F)oc2c(F)cccc12. The summed E-state index contributed by atoms with van der Waals surface area (Å²) in [6.07, 6.45) is -6.10. The van der Waals surface area contributed by atoms with E-state index in [-0.39, 0.29) is 11.3 Å². The number of anilines is 1. The van der Waals surface area contributed by atoms with Crippen molar-refractivity contribution in [2.45, 2.75) is 26.1 Å². The second kappa shape index (κ2) is 7.57. The van der Waals surface area contributed by atoms with E-state index in [1.54, 1.807) is 6.07 Å². The van der Waals surface area contributed by atoms with Crippen molar-refractivity contribution in [2.24, 2.45) is 0 Å². The predicted molar refractivity (Wildman–Crippen MR) is 95.9 cm³/mol. The van der Waals surface area contributed by atoms with Crippen LogP contribution in [0.5, 0.6) is 0 Å². The number of alkyl halides is 3. The zero-order chi connectivity index (χ0) is 21.3. The lowest BCUT2D eigenvalue weighted by Crippen LogP contribution is -2.30. The number of carbonyl (C=O) groups excluding carboxylic acids is 2. The Hall–Kier alpha value is -3.36. The smallest absolute Gasteiger partial charge is 0.418 e. The number of rotatable bonds is 4. The molecule has 1 aromatic heterocycles. The highest BCUT2D eigenvalue weighted by Gasteiger charge is 2.34. The molecule has 5 nitrogen and oxygen atoms in total.